The molecule has 0 bridgehead atoms. The minimum atomic E-state index is -0.886. The summed E-state index contributed by atoms with van der Waals surface area (Å²) in [7, 11) is 0. The monoisotopic (exact) mass is 244 g/mol. The van der Waals surface area contributed by atoms with Crippen LogP contribution in [0, 0.1) is 0 Å². The normalized spacial score (nSPS) is 11.6. The average Bonchev–Trinajstić information content (AvgIpc) is 2.12. The molecule has 0 spiro atoms. The van der Waals surface area contributed by atoms with E-state index in [1.807, 2.05) is 27.7 Å². The molecule has 17 heavy (non-hydrogen) atoms. The molecule has 0 aliphatic carbocycles. The maximum Gasteiger partial charge on any atom is 0.305 e. The first-order valence-electron chi connectivity index (χ1n) is 5.93. The number of nitrogens with two attached hydrogens (primary N) is 1. The Labute approximate surface area is 103 Å². The van der Waals surface area contributed by atoms with Crippen LogP contribution in [0.15, 0.2) is 0 Å². The molecule has 0 rings (SSSR count). The topological polar surface area (TPSA) is 83.6 Å². The van der Waals surface area contributed by atoms with E-state index in [2.05, 4.69) is 0 Å². The number of nitrogens with zero attached hydrogens (tertiary/aromatic N) is 1. The molecule has 0 aliphatic heterocycles. The van der Waals surface area contributed by atoms with Crippen LogP contribution in [0.5, 0.6) is 0 Å². The van der Waals surface area contributed by atoms with E-state index in [1.54, 1.807) is 4.90 Å². The number of hydrogen-bond donors (Lipinski definition) is 2. The predicted molar refractivity (Wildman–Crippen MR) is 66.6 cm³/mol. The molecule has 0 atom stereocenters. The fourth-order valence-corrected chi connectivity index (χ4v) is 1.46. The summed E-state index contributed by atoms with van der Waals surface area (Å²) in [6.07, 6.45) is 0.944. The van der Waals surface area contributed by atoms with Gasteiger partial charge in [-0.2, -0.15) is 0 Å². The first-order chi connectivity index (χ1) is 7.63. The Morgan fingerprint density at radius 1 is 1.29 bits per heavy atom. The van der Waals surface area contributed by atoms with Gasteiger partial charge in [0.2, 0.25) is 5.91 Å². The number of carboxylic acid groups (broad SMARTS) is 1. The number of hydrogen-bond acceptors (Lipinski definition) is 3. The Hall–Kier alpha value is -1.10. The Bertz CT molecular complexity index is 269. The van der Waals surface area contributed by atoms with Gasteiger partial charge in [-0.25, -0.2) is 0 Å². The lowest BCUT2D eigenvalue weighted by Gasteiger charge is -2.27. The summed E-state index contributed by atoms with van der Waals surface area (Å²) in [5.41, 5.74) is 5.45. The second kappa shape index (κ2) is 6.59. The van der Waals surface area contributed by atoms with Crippen LogP contribution in [0.2, 0.25) is 0 Å². The van der Waals surface area contributed by atoms with Crippen molar-refractivity contribution < 1.29 is 14.7 Å². The number of aliphatic carboxylic acids is 1. The summed E-state index contributed by atoms with van der Waals surface area (Å²) in [6, 6.07) is 0.0164. The van der Waals surface area contributed by atoms with Gasteiger partial charge < -0.3 is 15.7 Å². The third kappa shape index (κ3) is 7.74. The van der Waals surface area contributed by atoms with Crippen LogP contribution in [0.4, 0.5) is 0 Å². The molecule has 0 saturated heterocycles. The van der Waals surface area contributed by atoms with Gasteiger partial charge in [-0.3, -0.25) is 9.59 Å². The zero-order chi connectivity index (χ0) is 13.6. The largest absolute Gasteiger partial charge is 0.481 e. The van der Waals surface area contributed by atoms with Crippen molar-refractivity contribution in [2.75, 3.05) is 6.54 Å². The molecule has 0 aromatic heterocycles. The highest BCUT2D eigenvalue weighted by molar-refractivity contribution is 5.77. The lowest BCUT2D eigenvalue weighted by atomic mass is 9.99. The van der Waals surface area contributed by atoms with Gasteiger partial charge in [-0.15, -0.1) is 0 Å². The fraction of sp³-hybridized carbons (Fsp3) is 0.833. The van der Waals surface area contributed by atoms with Crippen LogP contribution in [0.3, 0.4) is 0 Å². The summed E-state index contributed by atoms with van der Waals surface area (Å²) in [5, 5.41) is 8.63. The summed E-state index contributed by atoms with van der Waals surface area (Å²) in [6.45, 7) is 7.77. The van der Waals surface area contributed by atoms with Gasteiger partial charge in [-0.1, -0.05) is 0 Å². The van der Waals surface area contributed by atoms with Gasteiger partial charge in [0.1, 0.15) is 0 Å². The van der Waals surface area contributed by atoms with Crippen molar-refractivity contribution in [3.63, 3.8) is 0 Å². The summed E-state index contributed by atoms with van der Waals surface area (Å²) >= 11 is 0. The molecule has 0 unspecified atom stereocenters. The molecule has 0 aliphatic rings. The first kappa shape index (κ1) is 15.9. The summed E-state index contributed by atoms with van der Waals surface area (Å²) < 4.78 is 0. The molecule has 0 aromatic rings. The van der Waals surface area contributed by atoms with E-state index in [4.69, 9.17) is 10.8 Å². The van der Waals surface area contributed by atoms with Gasteiger partial charge in [0.05, 0.1) is 6.42 Å². The molecule has 0 heterocycles. The third-order valence-electron chi connectivity index (χ3n) is 2.49. The highest BCUT2D eigenvalue weighted by Crippen LogP contribution is 2.11. The van der Waals surface area contributed by atoms with Crippen LogP contribution < -0.4 is 5.73 Å². The van der Waals surface area contributed by atoms with Crippen molar-refractivity contribution in [1.29, 1.82) is 0 Å². The van der Waals surface area contributed by atoms with Crippen LogP contribution in [0.25, 0.3) is 0 Å². The highest BCUT2D eigenvalue weighted by Gasteiger charge is 2.20. The molecule has 1 amide bonds. The van der Waals surface area contributed by atoms with Crippen LogP contribution in [-0.2, 0) is 9.59 Å². The Balaban J connectivity index is 4.30. The molecule has 100 valence electrons. The van der Waals surface area contributed by atoms with Crippen molar-refractivity contribution in [1.82, 2.24) is 4.90 Å². The second-order valence-corrected chi connectivity index (χ2v) is 5.31. The van der Waals surface area contributed by atoms with Gasteiger partial charge >= 0.3 is 5.97 Å². The maximum absolute atomic E-state index is 11.9. The van der Waals surface area contributed by atoms with E-state index >= 15 is 0 Å². The van der Waals surface area contributed by atoms with Crippen LogP contribution in [0.1, 0.15) is 47.0 Å². The minimum absolute atomic E-state index is 0.0164. The molecule has 3 N–H and O–H groups in total. The zero-order valence-corrected chi connectivity index (χ0v) is 11.2. The average molecular weight is 244 g/mol. The SMILES string of the molecule is CC(C)N(CCC(=O)O)C(=O)CCC(C)(C)N. The van der Waals surface area contributed by atoms with E-state index in [0.29, 0.717) is 12.8 Å². The summed E-state index contributed by atoms with van der Waals surface area (Å²) in [5.74, 6) is -0.914. The standard InChI is InChI=1S/C12H24N2O3/c1-9(2)14(8-6-11(16)17)10(15)5-7-12(3,4)13/h9H,5-8,13H2,1-4H3,(H,16,17). The second-order valence-electron chi connectivity index (χ2n) is 5.31. The van der Waals surface area contributed by atoms with Crippen molar-refractivity contribution in [3.8, 4) is 0 Å². The number of carbonyl (C=O) groups is 2. The quantitative estimate of drug-likeness (QED) is 0.705. The predicted octanol–water partition coefficient (Wildman–Crippen LogP) is 1.22. The molecule has 5 heteroatoms. The number of rotatable bonds is 7. The lowest BCUT2D eigenvalue weighted by Crippen LogP contribution is -2.40. The first-order valence-corrected chi connectivity index (χ1v) is 5.93. The van der Waals surface area contributed by atoms with Crippen LogP contribution in [-0.4, -0.2) is 40.0 Å². The van der Waals surface area contributed by atoms with E-state index in [-0.39, 0.29) is 30.5 Å². The van der Waals surface area contributed by atoms with Crippen molar-refractivity contribution in [3.05, 3.63) is 0 Å². The molecular formula is C12H24N2O3. The highest BCUT2D eigenvalue weighted by atomic mass is 16.4. The Morgan fingerprint density at radius 2 is 1.82 bits per heavy atom. The minimum Gasteiger partial charge on any atom is -0.481 e. The maximum atomic E-state index is 11.9. The molecule has 0 radical (unpaired) electrons. The molecular weight excluding hydrogens is 220 g/mol. The smallest absolute Gasteiger partial charge is 0.305 e. The number of amides is 1. The fourth-order valence-electron chi connectivity index (χ4n) is 1.46. The van der Waals surface area contributed by atoms with Crippen LogP contribution >= 0.6 is 0 Å². The van der Waals surface area contributed by atoms with Crippen molar-refractivity contribution in [2.24, 2.45) is 5.73 Å². The van der Waals surface area contributed by atoms with Gasteiger partial charge in [0, 0.05) is 24.5 Å². The van der Waals surface area contributed by atoms with Crippen molar-refractivity contribution in [2.45, 2.75) is 58.5 Å². The van der Waals surface area contributed by atoms with Gasteiger partial charge in [0.15, 0.2) is 0 Å². The number of carboxylic acids is 1. The van der Waals surface area contributed by atoms with E-state index in [0.717, 1.165) is 0 Å². The Kier molecular flexibility index (Phi) is 6.16. The summed E-state index contributed by atoms with van der Waals surface area (Å²) in [4.78, 5) is 24.0. The molecule has 0 aromatic carbocycles. The Morgan fingerprint density at radius 3 is 2.18 bits per heavy atom. The number of carbonyl (C=O) groups excluding carboxylic acids is 1. The van der Waals surface area contributed by atoms with E-state index in [1.165, 1.54) is 0 Å². The molecule has 0 fully saturated rings. The van der Waals surface area contributed by atoms with E-state index < -0.39 is 5.97 Å². The van der Waals surface area contributed by atoms with Gasteiger partial charge in [-0.05, 0) is 34.1 Å². The van der Waals surface area contributed by atoms with Gasteiger partial charge in [0.25, 0.3) is 0 Å². The lowest BCUT2D eigenvalue weighted by molar-refractivity contribution is -0.139. The van der Waals surface area contributed by atoms with E-state index in [9.17, 15) is 9.59 Å². The zero-order valence-electron chi connectivity index (χ0n) is 11.2. The van der Waals surface area contributed by atoms with Crippen molar-refractivity contribution >= 4 is 11.9 Å². The molecule has 0 saturated carbocycles. The molecule has 5 nitrogen and oxygen atoms in total. The third-order valence-corrected chi connectivity index (χ3v) is 2.49.